The van der Waals surface area contributed by atoms with Crippen LogP contribution in [0.25, 0.3) is 0 Å². The predicted octanol–water partition coefficient (Wildman–Crippen LogP) is 4.62. The lowest BCUT2D eigenvalue weighted by Crippen LogP contribution is -2.39. The van der Waals surface area contributed by atoms with E-state index >= 15 is 0 Å². The summed E-state index contributed by atoms with van der Waals surface area (Å²) in [5.74, 6) is 1.26. The first-order valence-corrected chi connectivity index (χ1v) is 9.23. The normalized spacial score (nSPS) is 10.4. The third kappa shape index (κ3) is 4.65. The highest BCUT2D eigenvalue weighted by Gasteiger charge is 2.16. The summed E-state index contributed by atoms with van der Waals surface area (Å²) in [4.78, 5) is 22.7. The van der Waals surface area contributed by atoms with Crippen LogP contribution in [0.1, 0.15) is 23.6 Å². The number of hydrogen-bond acceptors (Lipinski definition) is 4. The molecule has 2 aromatic heterocycles. The fourth-order valence-electron chi connectivity index (χ4n) is 2.74. The number of carbonyl (C=O) groups is 1. The number of anilines is 1. The molecule has 1 N–H and O–H groups in total. The average Bonchev–Trinajstić information content (AvgIpc) is 2.71. The quantitative estimate of drug-likeness (QED) is 0.681. The zero-order chi connectivity index (χ0) is 19.9. The van der Waals surface area contributed by atoms with Crippen molar-refractivity contribution in [1.82, 2.24) is 15.3 Å². The number of aromatic nitrogens is 2. The number of carbonyl (C=O) groups excluding carboxylic acids is 1. The number of urea groups is 1. The van der Waals surface area contributed by atoms with Crippen LogP contribution in [-0.2, 0) is 6.54 Å². The van der Waals surface area contributed by atoms with E-state index in [1.165, 1.54) is 0 Å². The number of aryl methyl sites for hydroxylation is 1. The van der Waals surface area contributed by atoms with E-state index in [1.807, 2.05) is 57.2 Å². The van der Waals surface area contributed by atoms with Gasteiger partial charge in [0.1, 0.15) is 5.75 Å². The van der Waals surface area contributed by atoms with Gasteiger partial charge in [-0.2, -0.15) is 0 Å². The predicted molar refractivity (Wildman–Crippen MR) is 110 cm³/mol. The topological polar surface area (TPSA) is 67.4 Å². The van der Waals surface area contributed by atoms with Gasteiger partial charge in [0.2, 0.25) is 5.88 Å². The molecule has 0 radical (unpaired) electrons. The number of nitrogens with zero attached hydrogens (tertiary/aromatic N) is 3. The number of amides is 2. The molecule has 3 rings (SSSR count). The molecule has 0 saturated carbocycles. The van der Waals surface area contributed by atoms with Crippen molar-refractivity contribution in [2.45, 2.75) is 27.3 Å². The molecule has 0 saturated heterocycles. The fourth-order valence-corrected chi connectivity index (χ4v) is 2.74. The Morgan fingerprint density at radius 1 is 1.11 bits per heavy atom. The van der Waals surface area contributed by atoms with E-state index in [0.717, 1.165) is 22.4 Å². The van der Waals surface area contributed by atoms with E-state index in [1.54, 1.807) is 29.6 Å². The van der Waals surface area contributed by atoms with Crippen molar-refractivity contribution in [3.8, 4) is 11.6 Å². The number of nitrogens with one attached hydrogen (secondary N) is 1. The SMILES string of the molecule is CCNC(=O)N(Cc1cccnc1)c1ccc(Oc2cccc(C)c2C)nc1. The minimum atomic E-state index is -0.184. The lowest BCUT2D eigenvalue weighted by Gasteiger charge is -2.23. The third-order valence-corrected chi connectivity index (χ3v) is 4.44. The second kappa shape index (κ2) is 8.99. The number of ether oxygens (including phenoxy) is 1. The summed E-state index contributed by atoms with van der Waals surface area (Å²) in [5.41, 5.74) is 3.86. The Bertz CT molecular complexity index is 927. The van der Waals surface area contributed by atoms with Gasteiger partial charge in [-0.1, -0.05) is 18.2 Å². The van der Waals surface area contributed by atoms with Gasteiger partial charge in [0.05, 0.1) is 18.4 Å². The highest BCUT2D eigenvalue weighted by atomic mass is 16.5. The van der Waals surface area contributed by atoms with E-state index in [2.05, 4.69) is 15.3 Å². The monoisotopic (exact) mass is 376 g/mol. The molecule has 0 atom stereocenters. The van der Waals surface area contributed by atoms with Gasteiger partial charge in [0.25, 0.3) is 0 Å². The van der Waals surface area contributed by atoms with Crippen LogP contribution in [0.2, 0.25) is 0 Å². The summed E-state index contributed by atoms with van der Waals surface area (Å²) in [6, 6.07) is 13.1. The van der Waals surface area contributed by atoms with Crippen LogP contribution in [-0.4, -0.2) is 22.5 Å². The molecule has 0 aliphatic heterocycles. The largest absolute Gasteiger partial charge is 0.439 e. The highest BCUT2D eigenvalue weighted by Crippen LogP contribution is 2.27. The van der Waals surface area contributed by atoms with Crippen LogP contribution in [0.3, 0.4) is 0 Å². The number of rotatable bonds is 6. The Kier molecular flexibility index (Phi) is 6.22. The molecule has 0 fully saturated rings. The van der Waals surface area contributed by atoms with E-state index in [4.69, 9.17) is 4.74 Å². The van der Waals surface area contributed by atoms with Gasteiger partial charge in [0, 0.05) is 25.0 Å². The van der Waals surface area contributed by atoms with E-state index < -0.39 is 0 Å². The molecular weight excluding hydrogens is 352 g/mol. The van der Waals surface area contributed by atoms with Gasteiger partial charge in [0.15, 0.2) is 0 Å². The molecule has 2 amide bonds. The van der Waals surface area contributed by atoms with Crippen molar-refractivity contribution in [2.24, 2.45) is 0 Å². The first kappa shape index (κ1) is 19.4. The summed E-state index contributed by atoms with van der Waals surface area (Å²) in [6.07, 6.45) is 5.10. The second-order valence-electron chi connectivity index (χ2n) is 6.44. The average molecular weight is 376 g/mol. The highest BCUT2D eigenvalue weighted by molar-refractivity contribution is 5.91. The Hall–Kier alpha value is -3.41. The Labute approximate surface area is 165 Å². The van der Waals surface area contributed by atoms with E-state index in [0.29, 0.717) is 24.7 Å². The van der Waals surface area contributed by atoms with Crippen molar-refractivity contribution in [3.05, 3.63) is 77.7 Å². The Balaban J connectivity index is 1.81. The van der Waals surface area contributed by atoms with Gasteiger partial charge in [-0.15, -0.1) is 0 Å². The smallest absolute Gasteiger partial charge is 0.322 e. The van der Waals surface area contributed by atoms with Crippen molar-refractivity contribution < 1.29 is 9.53 Å². The van der Waals surface area contributed by atoms with Crippen LogP contribution >= 0.6 is 0 Å². The maximum Gasteiger partial charge on any atom is 0.322 e. The van der Waals surface area contributed by atoms with Crippen LogP contribution in [0, 0.1) is 13.8 Å². The van der Waals surface area contributed by atoms with Crippen molar-refractivity contribution >= 4 is 11.7 Å². The van der Waals surface area contributed by atoms with Gasteiger partial charge in [-0.05, 0) is 55.7 Å². The summed E-state index contributed by atoms with van der Waals surface area (Å²) < 4.78 is 5.91. The molecule has 28 heavy (non-hydrogen) atoms. The molecule has 6 nitrogen and oxygen atoms in total. The molecule has 0 bridgehead atoms. The first-order valence-electron chi connectivity index (χ1n) is 9.23. The summed E-state index contributed by atoms with van der Waals surface area (Å²) in [7, 11) is 0. The van der Waals surface area contributed by atoms with Crippen molar-refractivity contribution in [3.63, 3.8) is 0 Å². The van der Waals surface area contributed by atoms with Gasteiger partial charge < -0.3 is 10.1 Å². The van der Waals surface area contributed by atoms with E-state index in [-0.39, 0.29) is 6.03 Å². The molecule has 6 heteroatoms. The lowest BCUT2D eigenvalue weighted by molar-refractivity contribution is 0.246. The number of benzene rings is 1. The van der Waals surface area contributed by atoms with Crippen LogP contribution in [0.5, 0.6) is 11.6 Å². The molecule has 3 aromatic rings. The van der Waals surface area contributed by atoms with Gasteiger partial charge >= 0.3 is 6.03 Å². The molecule has 144 valence electrons. The number of pyridine rings is 2. The summed E-state index contributed by atoms with van der Waals surface area (Å²) in [6.45, 7) is 6.90. The molecule has 1 aromatic carbocycles. The maximum absolute atomic E-state index is 12.5. The molecule has 2 heterocycles. The zero-order valence-corrected chi connectivity index (χ0v) is 16.3. The maximum atomic E-state index is 12.5. The van der Waals surface area contributed by atoms with Crippen LogP contribution in [0.15, 0.2) is 61.1 Å². The van der Waals surface area contributed by atoms with Crippen LogP contribution in [0.4, 0.5) is 10.5 Å². The van der Waals surface area contributed by atoms with E-state index in [9.17, 15) is 4.79 Å². The minimum Gasteiger partial charge on any atom is -0.439 e. The van der Waals surface area contributed by atoms with Crippen molar-refractivity contribution in [2.75, 3.05) is 11.4 Å². The number of hydrogen-bond donors (Lipinski definition) is 1. The fraction of sp³-hybridized carbons (Fsp3) is 0.227. The molecule has 0 unspecified atom stereocenters. The molecule has 0 aliphatic rings. The lowest BCUT2D eigenvalue weighted by atomic mass is 10.1. The zero-order valence-electron chi connectivity index (χ0n) is 16.3. The minimum absolute atomic E-state index is 0.184. The van der Waals surface area contributed by atoms with Gasteiger partial charge in [-0.3, -0.25) is 9.88 Å². The molecule has 0 aliphatic carbocycles. The summed E-state index contributed by atoms with van der Waals surface area (Å²) in [5, 5.41) is 2.84. The molecular formula is C22H24N4O2. The Morgan fingerprint density at radius 3 is 2.64 bits per heavy atom. The third-order valence-electron chi connectivity index (χ3n) is 4.44. The molecule has 0 spiro atoms. The van der Waals surface area contributed by atoms with Gasteiger partial charge in [-0.25, -0.2) is 9.78 Å². The standard InChI is InChI=1S/C22H24N4O2/c1-4-24-22(27)26(15-18-8-6-12-23-13-18)19-10-11-21(25-14-19)28-20-9-5-7-16(2)17(20)3/h5-14H,4,15H2,1-3H3,(H,24,27). The summed E-state index contributed by atoms with van der Waals surface area (Å²) >= 11 is 0. The second-order valence-corrected chi connectivity index (χ2v) is 6.44. The first-order chi connectivity index (χ1) is 13.6. The Morgan fingerprint density at radius 2 is 1.96 bits per heavy atom. The van der Waals surface area contributed by atoms with Crippen molar-refractivity contribution in [1.29, 1.82) is 0 Å². The van der Waals surface area contributed by atoms with Crippen LogP contribution < -0.4 is 15.0 Å².